The third-order valence-electron chi connectivity index (χ3n) is 3.85. The largest absolute Gasteiger partial charge is 0.439 e. The zero-order valence-electron chi connectivity index (χ0n) is 15.2. The van der Waals surface area contributed by atoms with E-state index in [1.54, 1.807) is 17.5 Å². The minimum atomic E-state index is -0.0486. The second-order valence-electron chi connectivity index (χ2n) is 6.15. The molecule has 0 aliphatic heterocycles. The molecule has 0 spiro atoms. The Bertz CT molecular complexity index is 961. The summed E-state index contributed by atoms with van der Waals surface area (Å²) in [6.07, 6.45) is 5.59. The van der Waals surface area contributed by atoms with E-state index in [0.29, 0.717) is 5.88 Å². The molecule has 2 aromatic heterocycles. The highest BCUT2D eigenvalue weighted by Gasteiger charge is 2.10. The number of carbonyl (C=O) groups excluding carboxylic acids is 1. The van der Waals surface area contributed by atoms with Gasteiger partial charge in [0.2, 0.25) is 11.8 Å². The Hall–Kier alpha value is -2.73. The number of aromatic nitrogens is 2. The van der Waals surface area contributed by atoms with Crippen molar-refractivity contribution in [3.8, 4) is 11.6 Å². The van der Waals surface area contributed by atoms with Crippen LogP contribution in [0.2, 0.25) is 0 Å². The van der Waals surface area contributed by atoms with Crippen molar-refractivity contribution in [2.75, 3.05) is 0 Å². The lowest BCUT2D eigenvalue weighted by molar-refractivity contribution is -0.119. The van der Waals surface area contributed by atoms with Crippen LogP contribution in [0.1, 0.15) is 30.0 Å². The van der Waals surface area contributed by atoms with Gasteiger partial charge in [-0.15, -0.1) is 11.3 Å². The Kier molecular flexibility index (Phi) is 5.32. The van der Waals surface area contributed by atoms with Crippen molar-refractivity contribution in [3.05, 3.63) is 52.7 Å². The highest BCUT2D eigenvalue weighted by atomic mass is 32.1. The van der Waals surface area contributed by atoms with Crippen molar-refractivity contribution in [2.45, 2.75) is 33.7 Å². The molecule has 26 heavy (non-hydrogen) atoms. The van der Waals surface area contributed by atoms with E-state index in [2.05, 4.69) is 15.3 Å². The molecular weight excluding hydrogens is 346 g/mol. The van der Waals surface area contributed by atoms with Crippen molar-refractivity contribution in [2.24, 2.45) is 0 Å². The Labute approximate surface area is 156 Å². The molecule has 1 aromatic carbocycles. The minimum absolute atomic E-state index is 0.0272. The number of nitrogens with zero attached hydrogens (tertiary/aromatic N) is 2. The van der Waals surface area contributed by atoms with Crippen molar-refractivity contribution in [1.82, 2.24) is 15.3 Å². The predicted octanol–water partition coefficient (Wildman–Crippen LogP) is 4.64. The quantitative estimate of drug-likeness (QED) is 0.714. The molecule has 2 heterocycles. The van der Waals surface area contributed by atoms with E-state index in [-0.39, 0.29) is 11.9 Å². The maximum atomic E-state index is 11.0. The summed E-state index contributed by atoms with van der Waals surface area (Å²) in [6.45, 7) is 7.47. The lowest BCUT2D eigenvalue weighted by Crippen LogP contribution is -2.28. The second kappa shape index (κ2) is 7.66. The molecule has 1 atom stereocenters. The van der Waals surface area contributed by atoms with Gasteiger partial charge in [-0.05, 0) is 44.5 Å². The highest BCUT2D eigenvalue weighted by Crippen LogP contribution is 2.33. The zero-order valence-corrected chi connectivity index (χ0v) is 16.1. The molecule has 0 saturated carbocycles. The van der Waals surface area contributed by atoms with E-state index < -0.39 is 0 Å². The van der Waals surface area contributed by atoms with Gasteiger partial charge in [0, 0.05) is 30.8 Å². The number of ether oxygens (including phenoxy) is 1. The number of hydrogen-bond donors (Lipinski definition) is 1. The Morgan fingerprint density at radius 2 is 2.08 bits per heavy atom. The van der Waals surface area contributed by atoms with Gasteiger partial charge in [0.05, 0.1) is 15.2 Å². The number of hydrogen-bond acceptors (Lipinski definition) is 5. The van der Waals surface area contributed by atoms with Crippen LogP contribution in [0, 0.1) is 13.8 Å². The monoisotopic (exact) mass is 367 g/mol. The van der Waals surface area contributed by atoms with E-state index in [1.807, 2.05) is 57.2 Å². The first-order chi connectivity index (χ1) is 12.4. The number of carbonyl (C=O) groups is 1. The Morgan fingerprint density at radius 1 is 1.27 bits per heavy atom. The summed E-state index contributed by atoms with van der Waals surface area (Å²) in [5.41, 5.74) is 3.02. The first-order valence-electron chi connectivity index (χ1n) is 8.38. The Morgan fingerprint density at radius 3 is 2.77 bits per heavy atom. The van der Waals surface area contributed by atoms with E-state index in [9.17, 15) is 4.79 Å². The van der Waals surface area contributed by atoms with Gasteiger partial charge in [0.1, 0.15) is 5.75 Å². The molecule has 0 unspecified atom stereocenters. The fourth-order valence-corrected chi connectivity index (χ4v) is 3.53. The molecule has 1 amide bonds. The first-order valence-corrected chi connectivity index (χ1v) is 9.20. The predicted molar refractivity (Wildman–Crippen MR) is 106 cm³/mol. The second-order valence-corrected chi connectivity index (χ2v) is 7.35. The average molecular weight is 367 g/mol. The highest BCUT2D eigenvalue weighted by molar-refractivity contribution is 7.18. The average Bonchev–Trinajstić information content (AvgIpc) is 2.97. The fourth-order valence-electron chi connectivity index (χ4n) is 2.61. The van der Waals surface area contributed by atoms with Crippen LogP contribution in [-0.4, -0.2) is 21.9 Å². The van der Waals surface area contributed by atoms with Crippen LogP contribution in [0.5, 0.6) is 11.6 Å². The molecule has 0 fully saturated rings. The molecule has 0 bridgehead atoms. The van der Waals surface area contributed by atoms with Gasteiger partial charge >= 0.3 is 0 Å². The van der Waals surface area contributed by atoms with Crippen LogP contribution < -0.4 is 10.1 Å². The topological polar surface area (TPSA) is 64.1 Å². The van der Waals surface area contributed by atoms with Crippen molar-refractivity contribution in [3.63, 3.8) is 0 Å². The van der Waals surface area contributed by atoms with E-state index in [0.717, 1.165) is 32.1 Å². The number of rotatable bonds is 5. The van der Waals surface area contributed by atoms with Gasteiger partial charge in [-0.25, -0.2) is 9.97 Å². The smallest absolute Gasteiger partial charge is 0.219 e. The Balaban J connectivity index is 1.72. The molecule has 0 aliphatic carbocycles. The van der Waals surface area contributed by atoms with Crippen molar-refractivity contribution >= 4 is 33.5 Å². The van der Waals surface area contributed by atoms with Crippen LogP contribution >= 0.6 is 11.3 Å². The first kappa shape index (κ1) is 18.1. The molecule has 3 rings (SSSR count). The SMILES string of the molecule is CC(=O)N[C@@H](C)/C=C/c1ccc(Oc2ccc3nc(C)sc3c2C)nc1. The minimum Gasteiger partial charge on any atom is -0.439 e. The number of pyridine rings is 1. The van der Waals surface area contributed by atoms with Crippen molar-refractivity contribution in [1.29, 1.82) is 0 Å². The summed E-state index contributed by atoms with van der Waals surface area (Å²) in [7, 11) is 0. The summed E-state index contributed by atoms with van der Waals surface area (Å²) in [6, 6.07) is 7.65. The van der Waals surface area contributed by atoms with Crippen LogP contribution in [0.4, 0.5) is 0 Å². The van der Waals surface area contributed by atoms with Gasteiger partial charge in [-0.2, -0.15) is 0 Å². The number of benzene rings is 1. The third kappa shape index (κ3) is 4.26. The lowest BCUT2D eigenvalue weighted by Gasteiger charge is -2.09. The van der Waals surface area contributed by atoms with E-state index in [4.69, 9.17) is 4.74 Å². The molecule has 6 heteroatoms. The maximum Gasteiger partial charge on any atom is 0.219 e. The summed E-state index contributed by atoms with van der Waals surface area (Å²) in [5.74, 6) is 1.28. The normalized spacial score (nSPS) is 12.5. The number of aryl methyl sites for hydroxylation is 2. The molecule has 134 valence electrons. The van der Waals surface area contributed by atoms with Gasteiger partial charge in [-0.1, -0.05) is 12.2 Å². The van der Waals surface area contributed by atoms with Gasteiger partial charge < -0.3 is 10.1 Å². The fraction of sp³-hybridized carbons (Fsp3) is 0.250. The van der Waals surface area contributed by atoms with Gasteiger partial charge in [0.25, 0.3) is 0 Å². The molecule has 0 aliphatic rings. The van der Waals surface area contributed by atoms with Crippen LogP contribution in [0.25, 0.3) is 16.3 Å². The summed E-state index contributed by atoms with van der Waals surface area (Å²) in [4.78, 5) is 19.9. The number of thiazole rings is 1. The summed E-state index contributed by atoms with van der Waals surface area (Å²) in [5, 5.41) is 3.85. The van der Waals surface area contributed by atoms with Crippen molar-refractivity contribution < 1.29 is 9.53 Å². The molecule has 0 saturated heterocycles. The van der Waals surface area contributed by atoms with E-state index >= 15 is 0 Å². The molecule has 1 N–H and O–H groups in total. The summed E-state index contributed by atoms with van der Waals surface area (Å²) < 4.78 is 7.09. The summed E-state index contributed by atoms with van der Waals surface area (Å²) >= 11 is 1.67. The lowest BCUT2D eigenvalue weighted by atomic mass is 10.2. The number of fused-ring (bicyclic) bond motifs is 1. The zero-order chi connectivity index (χ0) is 18.7. The third-order valence-corrected chi connectivity index (χ3v) is 4.95. The van der Waals surface area contributed by atoms with Crippen LogP contribution in [0.15, 0.2) is 36.5 Å². The van der Waals surface area contributed by atoms with Gasteiger partial charge in [0.15, 0.2) is 0 Å². The van der Waals surface area contributed by atoms with Crippen LogP contribution in [0.3, 0.4) is 0 Å². The van der Waals surface area contributed by atoms with Crippen LogP contribution in [-0.2, 0) is 4.79 Å². The van der Waals surface area contributed by atoms with Gasteiger partial charge in [-0.3, -0.25) is 4.79 Å². The molecule has 3 aromatic rings. The molecular formula is C20H21N3O2S. The maximum absolute atomic E-state index is 11.0. The van der Waals surface area contributed by atoms with E-state index in [1.165, 1.54) is 6.92 Å². The molecule has 5 nitrogen and oxygen atoms in total. The number of nitrogens with one attached hydrogen (secondary N) is 1. The molecule has 0 radical (unpaired) electrons. The standard InChI is InChI=1S/C20H21N3O2S/c1-12(22-14(3)24)5-6-16-7-10-19(21-11-16)25-18-9-8-17-20(13(18)2)26-15(4)23-17/h5-12H,1-4H3,(H,22,24)/b6-5+/t12-/m0/s1. The number of amides is 1.